The van der Waals surface area contributed by atoms with Gasteiger partial charge in [0, 0.05) is 24.4 Å². The molecule has 1 saturated carbocycles. The van der Waals surface area contributed by atoms with Gasteiger partial charge in [-0.1, -0.05) is 18.2 Å². The summed E-state index contributed by atoms with van der Waals surface area (Å²) in [5, 5.41) is 3.24. The highest BCUT2D eigenvalue weighted by atomic mass is 19.4. The summed E-state index contributed by atoms with van der Waals surface area (Å²) in [6, 6.07) is 9.23. The normalized spacial score (nSPS) is 16.0. The van der Waals surface area contributed by atoms with Gasteiger partial charge in [0.15, 0.2) is 5.65 Å². The van der Waals surface area contributed by atoms with Gasteiger partial charge >= 0.3 is 6.18 Å². The molecule has 7 heteroatoms. The van der Waals surface area contributed by atoms with Crippen molar-refractivity contribution in [1.29, 1.82) is 0 Å². The quantitative estimate of drug-likeness (QED) is 0.771. The Kier molecular flexibility index (Phi) is 3.59. The average Bonchev–Trinajstić information content (AvgIpc) is 3.40. The predicted molar refractivity (Wildman–Crippen MR) is 88.2 cm³/mol. The lowest BCUT2D eigenvalue weighted by atomic mass is 9.94. The van der Waals surface area contributed by atoms with E-state index >= 15 is 0 Å². The first-order valence-electron chi connectivity index (χ1n) is 7.96. The molecular formula is C18H15F3N4. The molecule has 1 aromatic carbocycles. The first-order valence-corrected chi connectivity index (χ1v) is 7.96. The topological polar surface area (TPSA) is 50.7 Å². The van der Waals surface area contributed by atoms with Crippen LogP contribution in [0.5, 0.6) is 0 Å². The molecule has 1 aliphatic carbocycles. The Morgan fingerprint density at radius 3 is 2.60 bits per heavy atom. The molecule has 128 valence electrons. The number of hydrogen-bond acceptors (Lipinski definition) is 4. The Morgan fingerprint density at radius 1 is 1.04 bits per heavy atom. The fourth-order valence-corrected chi connectivity index (χ4v) is 2.96. The van der Waals surface area contributed by atoms with Crippen LogP contribution in [0.25, 0.3) is 11.2 Å². The number of alkyl halides is 3. The molecule has 1 fully saturated rings. The highest BCUT2D eigenvalue weighted by Crippen LogP contribution is 2.49. The number of pyridine rings is 1. The molecule has 4 rings (SSSR count). The van der Waals surface area contributed by atoms with Crippen LogP contribution in [-0.2, 0) is 11.6 Å². The number of nitrogens with one attached hydrogen (secondary N) is 1. The van der Waals surface area contributed by atoms with Crippen LogP contribution in [-0.4, -0.2) is 21.5 Å². The minimum atomic E-state index is -4.32. The predicted octanol–water partition coefficient (Wildman–Crippen LogP) is 4.19. The zero-order valence-corrected chi connectivity index (χ0v) is 13.2. The summed E-state index contributed by atoms with van der Waals surface area (Å²) in [4.78, 5) is 12.7. The van der Waals surface area contributed by atoms with Crippen molar-refractivity contribution >= 4 is 17.0 Å². The van der Waals surface area contributed by atoms with Crippen LogP contribution >= 0.6 is 0 Å². The van der Waals surface area contributed by atoms with Gasteiger partial charge in [-0.2, -0.15) is 13.2 Å². The molecule has 1 N–H and O–H groups in total. The van der Waals surface area contributed by atoms with E-state index in [1.165, 1.54) is 12.1 Å². The van der Waals surface area contributed by atoms with Crippen molar-refractivity contribution in [2.24, 2.45) is 0 Å². The summed E-state index contributed by atoms with van der Waals surface area (Å²) in [5.41, 5.74) is 1.09. The molecule has 0 radical (unpaired) electrons. The Bertz CT molecular complexity index is 919. The summed E-state index contributed by atoms with van der Waals surface area (Å²) in [7, 11) is 0. The summed E-state index contributed by atoms with van der Waals surface area (Å²) in [6.45, 7) is 0.535. The zero-order valence-electron chi connectivity index (χ0n) is 13.2. The molecule has 3 aromatic rings. The van der Waals surface area contributed by atoms with E-state index in [1.54, 1.807) is 24.5 Å². The Balaban J connectivity index is 1.54. The Hall–Kier alpha value is -2.70. The molecule has 0 saturated heterocycles. The van der Waals surface area contributed by atoms with Crippen molar-refractivity contribution in [3.8, 4) is 0 Å². The van der Waals surface area contributed by atoms with Crippen LogP contribution < -0.4 is 5.32 Å². The summed E-state index contributed by atoms with van der Waals surface area (Å²) >= 11 is 0. The van der Waals surface area contributed by atoms with E-state index in [0.29, 0.717) is 23.5 Å². The van der Waals surface area contributed by atoms with Crippen molar-refractivity contribution in [3.63, 3.8) is 0 Å². The first kappa shape index (κ1) is 15.8. The second-order valence-electron chi connectivity index (χ2n) is 6.31. The maximum Gasteiger partial charge on any atom is 0.416 e. The molecular weight excluding hydrogens is 329 g/mol. The largest absolute Gasteiger partial charge is 0.416 e. The number of hydrogen-bond donors (Lipinski definition) is 1. The van der Waals surface area contributed by atoms with E-state index in [2.05, 4.69) is 20.3 Å². The third-order valence-electron chi connectivity index (χ3n) is 4.60. The van der Waals surface area contributed by atoms with Crippen molar-refractivity contribution < 1.29 is 13.2 Å². The SMILES string of the molecule is FC(F)(F)c1cccc(C2(CNc3ccc4nccnc4n3)CC2)c1. The monoisotopic (exact) mass is 344 g/mol. The van der Waals surface area contributed by atoms with Crippen LogP contribution in [0.15, 0.2) is 48.8 Å². The minimum absolute atomic E-state index is 0.264. The highest BCUT2D eigenvalue weighted by Gasteiger charge is 2.45. The van der Waals surface area contributed by atoms with Gasteiger partial charge in [0.1, 0.15) is 11.3 Å². The molecule has 0 bridgehead atoms. The number of fused-ring (bicyclic) bond motifs is 1. The third-order valence-corrected chi connectivity index (χ3v) is 4.60. The summed E-state index contributed by atoms with van der Waals surface area (Å²) in [6.07, 6.45) is 0.565. The van der Waals surface area contributed by atoms with E-state index in [-0.39, 0.29) is 5.41 Å². The third kappa shape index (κ3) is 3.14. The smallest absolute Gasteiger partial charge is 0.369 e. The second-order valence-corrected chi connectivity index (χ2v) is 6.31. The van der Waals surface area contributed by atoms with E-state index in [9.17, 15) is 13.2 Å². The molecule has 0 spiro atoms. The van der Waals surface area contributed by atoms with Gasteiger partial charge < -0.3 is 5.32 Å². The van der Waals surface area contributed by atoms with Crippen LogP contribution in [0.4, 0.5) is 19.0 Å². The summed E-state index contributed by atoms with van der Waals surface area (Å²) < 4.78 is 38.8. The van der Waals surface area contributed by atoms with Crippen molar-refractivity contribution in [2.45, 2.75) is 24.4 Å². The number of anilines is 1. The number of rotatable bonds is 4. The van der Waals surface area contributed by atoms with Crippen molar-refractivity contribution in [2.75, 3.05) is 11.9 Å². The minimum Gasteiger partial charge on any atom is -0.369 e. The molecule has 0 amide bonds. The molecule has 25 heavy (non-hydrogen) atoms. The highest BCUT2D eigenvalue weighted by molar-refractivity contribution is 5.71. The van der Waals surface area contributed by atoms with Crippen LogP contribution in [0.3, 0.4) is 0 Å². The molecule has 2 aromatic heterocycles. The molecule has 2 heterocycles. The van der Waals surface area contributed by atoms with E-state index in [4.69, 9.17) is 0 Å². The second kappa shape index (κ2) is 5.68. The van der Waals surface area contributed by atoms with Crippen LogP contribution in [0.1, 0.15) is 24.0 Å². The molecule has 4 nitrogen and oxygen atoms in total. The lowest BCUT2D eigenvalue weighted by Gasteiger charge is -2.18. The standard InChI is InChI=1S/C18H15F3N4/c19-18(20,21)13-3-1-2-12(10-13)17(6-7-17)11-24-15-5-4-14-16(25-15)23-9-8-22-14/h1-5,8-10H,6-7,11H2,(H,23,24,25). The Morgan fingerprint density at radius 2 is 1.84 bits per heavy atom. The van der Waals surface area contributed by atoms with Gasteiger partial charge in [0.25, 0.3) is 0 Å². The van der Waals surface area contributed by atoms with Gasteiger partial charge in [-0.25, -0.2) is 9.97 Å². The van der Waals surface area contributed by atoms with Gasteiger partial charge in [0.05, 0.1) is 5.56 Å². The van der Waals surface area contributed by atoms with Gasteiger partial charge in [-0.05, 0) is 36.6 Å². The average molecular weight is 344 g/mol. The van der Waals surface area contributed by atoms with Crippen LogP contribution in [0, 0.1) is 0 Å². The van der Waals surface area contributed by atoms with Gasteiger partial charge in [0.2, 0.25) is 0 Å². The summed E-state index contributed by atoms with van der Waals surface area (Å²) in [5.74, 6) is 0.645. The Labute approximate surface area is 142 Å². The maximum absolute atomic E-state index is 12.9. The van der Waals surface area contributed by atoms with E-state index < -0.39 is 11.7 Å². The first-order chi connectivity index (χ1) is 12.0. The lowest BCUT2D eigenvalue weighted by Crippen LogP contribution is -2.21. The number of halogens is 3. The lowest BCUT2D eigenvalue weighted by molar-refractivity contribution is -0.137. The molecule has 0 atom stereocenters. The fourth-order valence-electron chi connectivity index (χ4n) is 2.96. The zero-order chi connectivity index (χ0) is 17.5. The van der Waals surface area contributed by atoms with E-state index in [0.717, 1.165) is 24.5 Å². The maximum atomic E-state index is 12.9. The molecule has 0 aliphatic heterocycles. The van der Waals surface area contributed by atoms with Crippen LogP contribution in [0.2, 0.25) is 0 Å². The van der Waals surface area contributed by atoms with Crippen molar-refractivity contribution in [3.05, 3.63) is 59.9 Å². The fraction of sp³-hybridized carbons (Fsp3) is 0.278. The van der Waals surface area contributed by atoms with Gasteiger partial charge in [-0.3, -0.25) is 4.98 Å². The number of benzene rings is 1. The van der Waals surface area contributed by atoms with E-state index in [1.807, 2.05) is 6.07 Å². The molecule has 1 aliphatic rings. The van der Waals surface area contributed by atoms with Gasteiger partial charge in [-0.15, -0.1) is 0 Å². The molecule has 0 unspecified atom stereocenters. The number of nitrogens with zero attached hydrogens (tertiary/aromatic N) is 3. The van der Waals surface area contributed by atoms with Crippen molar-refractivity contribution in [1.82, 2.24) is 15.0 Å². The number of aromatic nitrogens is 3.